The molecule has 1 N–H and O–H groups in total. The smallest absolute Gasteiger partial charge is 0.263 e. The van der Waals surface area contributed by atoms with Crippen LogP contribution in [0, 0.1) is 6.92 Å². The van der Waals surface area contributed by atoms with Gasteiger partial charge in [0.05, 0.1) is 18.3 Å². The topological polar surface area (TPSA) is 81.1 Å². The van der Waals surface area contributed by atoms with E-state index < -0.39 is 0 Å². The van der Waals surface area contributed by atoms with Gasteiger partial charge in [0.15, 0.2) is 5.78 Å². The molecule has 0 aliphatic rings. The van der Waals surface area contributed by atoms with E-state index in [4.69, 9.17) is 11.6 Å². The summed E-state index contributed by atoms with van der Waals surface area (Å²) in [5.41, 5.74) is 2.48. The highest BCUT2D eigenvalue weighted by Crippen LogP contribution is 2.35. The normalized spacial score (nSPS) is 10.9. The van der Waals surface area contributed by atoms with Gasteiger partial charge in [0.25, 0.3) is 5.56 Å². The number of nitrogens with one attached hydrogen (secondary N) is 1. The predicted molar refractivity (Wildman–Crippen MR) is 124 cm³/mol. The molecule has 2 aromatic heterocycles. The molecule has 2 heterocycles. The minimum atomic E-state index is -0.262. The third kappa shape index (κ3) is 4.28. The highest BCUT2D eigenvalue weighted by Gasteiger charge is 2.18. The van der Waals surface area contributed by atoms with Gasteiger partial charge < -0.3 is 5.32 Å². The first-order chi connectivity index (χ1) is 14.8. The number of anilines is 1. The molecule has 0 fully saturated rings. The van der Waals surface area contributed by atoms with Crippen molar-refractivity contribution in [3.63, 3.8) is 0 Å². The Morgan fingerprint density at radius 1 is 1.10 bits per heavy atom. The maximum absolute atomic E-state index is 13.2. The number of aryl methyl sites for hydroxylation is 1. The molecule has 0 saturated carbocycles. The minimum absolute atomic E-state index is 0.129. The quantitative estimate of drug-likeness (QED) is 0.436. The molecule has 6 nitrogen and oxygen atoms in total. The van der Waals surface area contributed by atoms with Crippen molar-refractivity contribution in [2.45, 2.75) is 20.4 Å². The fraction of sp³-hybridized carbons (Fsp3) is 0.130. The lowest BCUT2D eigenvalue weighted by Crippen LogP contribution is -2.24. The number of hydrogen-bond donors (Lipinski definition) is 1. The predicted octanol–water partition coefficient (Wildman–Crippen LogP) is 4.93. The molecule has 0 bridgehead atoms. The van der Waals surface area contributed by atoms with E-state index in [9.17, 15) is 14.4 Å². The second-order valence-corrected chi connectivity index (χ2v) is 8.72. The van der Waals surface area contributed by atoms with Crippen LogP contribution < -0.4 is 10.9 Å². The molecule has 0 atom stereocenters. The van der Waals surface area contributed by atoms with Crippen molar-refractivity contribution in [1.82, 2.24) is 9.55 Å². The van der Waals surface area contributed by atoms with Crippen molar-refractivity contribution in [1.29, 1.82) is 0 Å². The molecular formula is C23H18ClN3O3S. The maximum atomic E-state index is 13.2. The van der Waals surface area contributed by atoms with Crippen LogP contribution in [-0.2, 0) is 11.3 Å². The number of aromatic nitrogens is 2. The zero-order valence-corrected chi connectivity index (χ0v) is 18.4. The van der Waals surface area contributed by atoms with Crippen LogP contribution in [0.1, 0.15) is 22.2 Å². The van der Waals surface area contributed by atoms with Crippen LogP contribution in [0.4, 0.5) is 5.69 Å². The Hall–Kier alpha value is -3.29. The summed E-state index contributed by atoms with van der Waals surface area (Å²) >= 11 is 7.45. The van der Waals surface area contributed by atoms with Gasteiger partial charge in [0.1, 0.15) is 4.83 Å². The Kier molecular flexibility index (Phi) is 5.71. The van der Waals surface area contributed by atoms with E-state index in [0.717, 1.165) is 16.0 Å². The van der Waals surface area contributed by atoms with Gasteiger partial charge in [-0.25, -0.2) is 4.98 Å². The van der Waals surface area contributed by atoms with Crippen LogP contribution in [0.15, 0.2) is 59.7 Å². The number of thiophene rings is 1. The van der Waals surface area contributed by atoms with Gasteiger partial charge in [-0.3, -0.25) is 19.0 Å². The Morgan fingerprint density at radius 2 is 1.77 bits per heavy atom. The molecule has 0 aliphatic carbocycles. The van der Waals surface area contributed by atoms with Gasteiger partial charge in [-0.05, 0) is 48.9 Å². The minimum Gasteiger partial charge on any atom is -0.326 e. The van der Waals surface area contributed by atoms with Gasteiger partial charge >= 0.3 is 0 Å². The number of fused-ring (bicyclic) bond motifs is 1. The summed E-state index contributed by atoms with van der Waals surface area (Å²) in [6, 6.07) is 13.9. The van der Waals surface area contributed by atoms with Crippen molar-refractivity contribution in [3.8, 4) is 11.1 Å². The van der Waals surface area contributed by atoms with E-state index in [-0.39, 0.29) is 23.8 Å². The lowest BCUT2D eigenvalue weighted by Gasteiger charge is -2.07. The summed E-state index contributed by atoms with van der Waals surface area (Å²) in [6.07, 6.45) is 1.41. The number of ketones is 1. The number of carbonyl (C=O) groups is 2. The average molecular weight is 452 g/mol. The number of hydrogen-bond acceptors (Lipinski definition) is 5. The fourth-order valence-corrected chi connectivity index (χ4v) is 4.53. The Morgan fingerprint density at radius 3 is 2.42 bits per heavy atom. The van der Waals surface area contributed by atoms with E-state index in [0.29, 0.717) is 26.5 Å². The molecule has 4 rings (SSSR count). The highest BCUT2D eigenvalue weighted by molar-refractivity contribution is 7.19. The molecule has 156 valence electrons. The van der Waals surface area contributed by atoms with E-state index in [1.165, 1.54) is 29.2 Å². The number of halogens is 1. The first-order valence-electron chi connectivity index (χ1n) is 9.49. The van der Waals surface area contributed by atoms with Gasteiger partial charge in [0.2, 0.25) is 5.91 Å². The summed E-state index contributed by atoms with van der Waals surface area (Å²) in [7, 11) is 0. The van der Waals surface area contributed by atoms with Crippen LogP contribution in [0.3, 0.4) is 0 Å². The molecule has 0 saturated heterocycles. The molecule has 1 amide bonds. The van der Waals surface area contributed by atoms with E-state index >= 15 is 0 Å². The number of benzene rings is 2. The van der Waals surface area contributed by atoms with Crippen LogP contribution in [0.25, 0.3) is 21.3 Å². The zero-order chi connectivity index (χ0) is 22.1. The van der Waals surface area contributed by atoms with Gasteiger partial charge in [-0.2, -0.15) is 0 Å². The van der Waals surface area contributed by atoms with Crippen LogP contribution in [0.2, 0.25) is 5.02 Å². The lowest BCUT2D eigenvalue weighted by molar-refractivity contribution is -0.114. The van der Waals surface area contributed by atoms with Crippen molar-refractivity contribution < 1.29 is 9.59 Å². The molecule has 31 heavy (non-hydrogen) atoms. The number of carbonyl (C=O) groups excluding carboxylic acids is 2. The van der Waals surface area contributed by atoms with Crippen LogP contribution in [0.5, 0.6) is 0 Å². The summed E-state index contributed by atoms with van der Waals surface area (Å²) in [5.74, 6) is -0.412. The molecule has 0 aliphatic heterocycles. The third-order valence-corrected chi connectivity index (χ3v) is 6.09. The van der Waals surface area contributed by atoms with Gasteiger partial charge in [-0.1, -0.05) is 23.7 Å². The van der Waals surface area contributed by atoms with Gasteiger partial charge in [-0.15, -0.1) is 11.3 Å². The second kappa shape index (κ2) is 8.45. The fourth-order valence-electron chi connectivity index (χ4n) is 3.40. The van der Waals surface area contributed by atoms with Crippen molar-refractivity contribution in [2.75, 3.05) is 5.32 Å². The Balaban J connectivity index is 1.69. The Labute approximate surface area is 187 Å². The molecule has 0 unspecified atom stereocenters. The Bertz CT molecular complexity index is 1360. The average Bonchev–Trinajstić information content (AvgIpc) is 3.07. The van der Waals surface area contributed by atoms with Gasteiger partial charge in [0, 0.05) is 33.6 Å². The second-order valence-electron chi connectivity index (χ2n) is 7.08. The SMILES string of the molecule is CC(=O)Nc1ccc(C(=O)Cn2cnc3sc(C)c(-c4ccc(Cl)cc4)c3c2=O)cc1. The van der Waals surface area contributed by atoms with E-state index in [2.05, 4.69) is 10.3 Å². The van der Waals surface area contributed by atoms with Crippen molar-refractivity contribution in [3.05, 3.63) is 80.7 Å². The largest absolute Gasteiger partial charge is 0.326 e. The first-order valence-corrected chi connectivity index (χ1v) is 10.7. The number of nitrogens with zero attached hydrogens (tertiary/aromatic N) is 2. The first kappa shape index (κ1) is 21.0. The van der Waals surface area contributed by atoms with E-state index in [1.54, 1.807) is 36.4 Å². The van der Waals surface area contributed by atoms with Crippen molar-refractivity contribution in [2.24, 2.45) is 0 Å². The molecule has 8 heteroatoms. The molecule has 4 aromatic rings. The number of Topliss-reactive ketones (excluding diaryl/α,β-unsaturated/α-hetero) is 1. The summed E-state index contributed by atoms with van der Waals surface area (Å²) in [5, 5.41) is 3.77. The molecule has 0 radical (unpaired) electrons. The zero-order valence-electron chi connectivity index (χ0n) is 16.8. The molecular weight excluding hydrogens is 434 g/mol. The third-order valence-electron chi connectivity index (χ3n) is 4.83. The van der Waals surface area contributed by atoms with Crippen LogP contribution >= 0.6 is 22.9 Å². The van der Waals surface area contributed by atoms with E-state index in [1.807, 2.05) is 19.1 Å². The summed E-state index contributed by atoms with van der Waals surface area (Å²) in [4.78, 5) is 43.2. The number of amides is 1. The standard InChI is InChI=1S/C23H18ClN3O3S/c1-13-20(16-3-7-17(24)8-4-16)21-22(31-13)25-12-27(23(21)30)11-19(29)15-5-9-18(10-6-15)26-14(2)28/h3-10,12H,11H2,1-2H3,(H,26,28). The summed E-state index contributed by atoms with van der Waals surface area (Å²) < 4.78 is 1.33. The van der Waals surface area contributed by atoms with Crippen molar-refractivity contribution >= 4 is 50.5 Å². The summed E-state index contributed by atoms with van der Waals surface area (Å²) in [6.45, 7) is 3.23. The monoisotopic (exact) mass is 451 g/mol. The highest BCUT2D eigenvalue weighted by atomic mass is 35.5. The lowest BCUT2D eigenvalue weighted by atomic mass is 10.0. The maximum Gasteiger partial charge on any atom is 0.263 e. The van der Waals surface area contributed by atoms with Crippen LogP contribution in [-0.4, -0.2) is 21.2 Å². The number of rotatable bonds is 5. The molecule has 2 aromatic carbocycles. The molecule has 0 spiro atoms.